The van der Waals surface area contributed by atoms with Gasteiger partial charge in [-0.2, -0.15) is 13.2 Å². The molecule has 12 heteroatoms. The molecule has 0 aliphatic heterocycles. The Morgan fingerprint density at radius 2 is 1.87 bits per heavy atom. The van der Waals surface area contributed by atoms with Crippen LogP contribution >= 0.6 is 39.9 Å². The summed E-state index contributed by atoms with van der Waals surface area (Å²) in [6, 6.07) is 9.00. The number of hydrogen-bond acceptors (Lipinski definition) is 4. The molecule has 0 spiro atoms. The van der Waals surface area contributed by atoms with Crippen molar-refractivity contribution in [2.24, 2.45) is 12.0 Å². The smallest absolute Gasteiger partial charge is 0.319 e. The van der Waals surface area contributed by atoms with E-state index in [-0.39, 0.29) is 27.6 Å². The molecule has 5 nitrogen and oxygen atoms in total. The Morgan fingerprint density at radius 3 is 2.50 bits per heavy atom. The second-order valence-corrected chi connectivity index (χ2v) is 9.10. The molecule has 0 atom stereocenters. The van der Waals surface area contributed by atoms with E-state index in [1.165, 1.54) is 48.7 Å². The highest BCUT2D eigenvalue weighted by Gasteiger charge is 2.30. The average Bonchev–Trinajstić information content (AvgIpc) is 3.02. The molecule has 0 unspecified atom stereocenters. The summed E-state index contributed by atoms with van der Waals surface area (Å²) in [4.78, 5) is 4.76. The van der Waals surface area contributed by atoms with Crippen molar-refractivity contribution >= 4 is 55.6 Å². The zero-order valence-electron chi connectivity index (χ0n) is 15.6. The molecule has 0 saturated carbocycles. The van der Waals surface area contributed by atoms with Gasteiger partial charge in [-0.3, -0.25) is 0 Å². The maximum absolute atomic E-state index is 12.9. The van der Waals surface area contributed by atoms with Crippen molar-refractivity contribution in [2.75, 3.05) is 7.05 Å². The van der Waals surface area contributed by atoms with Crippen LogP contribution in [0.3, 0.4) is 0 Å². The zero-order valence-corrected chi connectivity index (χ0v) is 19.7. The third kappa shape index (κ3) is 5.14. The van der Waals surface area contributed by atoms with Crippen molar-refractivity contribution in [3.63, 3.8) is 0 Å². The first-order valence-electron chi connectivity index (χ1n) is 8.13. The van der Waals surface area contributed by atoms with E-state index in [2.05, 4.69) is 9.71 Å². The van der Waals surface area contributed by atoms with E-state index in [1.54, 1.807) is 17.0 Å². The number of sulfonamides is 1. The quantitative estimate of drug-likeness (QED) is 0.496. The fourth-order valence-corrected chi connectivity index (χ4v) is 4.45. The van der Waals surface area contributed by atoms with Gasteiger partial charge in [0.15, 0.2) is 4.80 Å². The molecule has 0 saturated heterocycles. The van der Waals surface area contributed by atoms with Gasteiger partial charge in [-0.05, 0) is 43.4 Å². The first-order valence-corrected chi connectivity index (χ1v) is 10.9. The molecular weight excluding hydrogens is 527 g/mol. The predicted octanol–water partition coefficient (Wildman–Crippen LogP) is 5.14. The highest BCUT2D eigenvalue weighted by Crippen LogP contribution is 2.32. The summed E-state index contributed by atoms with van der Waals surface area (Å²) in [5.74, 6) is 0. The first-order chi connectivity index (χ1) is 13.5. The summed E-state index contributed by atoms with van der Waals surface area (Å²) in [5.41, 5.74) is 0.416. The van der Waals surface area contributed by atoms with E-state index in [0.717, 1.165) is 12.1 Å². The summed E-state index contributed by atoms with van der Waals surface area (Å²) < 4.78 is 66.7. The zero-order chi connectivity index (χ0) is 21.4. The normalized spacial score (nSPS) is 12.7. The summed E-state index contributed by atoms with van der Waals surface area (Å²) in [6.07, 6.45) is -4.46. The van der Waals surface area contributed by atoms with Gasteiger partial charge >= 0.3 is 6.18 Å². The number of hydrogen-bond donors (Lipinski definition) is 1. The minimum atomic E-state index is -4.46. The van der Waals surface area contributed by atoms with Crippen molar-refractivity contribution in [3.05, 3.63) is 63.2 Å². The Bertz CT molecular complexity index is 1240. The van der Waals surface area contributed by atoms with Crippen LogP contribution in [0.2, 0.25) is 5.02 Å². The number of aromatic nitrogens is 1. The number of benzene rings is 2. The molecule has 0 fully saturated rings. The molecule has 1 N–H and O–H groups in total. The summed E-state index contributed by atoms with van der Waals surface area (Å²) in [7, 11) is -0.683. The van der Waals surface area contributed by atoms with Crippen LogP contribution in [0.1, 0.15) is 5.56 Å². The molecule has 0 radical (unpaired) electrons. The Hall–Kier alpha value is -1.66. The monoisotopic (exact) mass is 541 g/mol. The third-order valence-corrected chi connectivity index (χ3v) is 6.77. The van der Waals surface area contributed by atoms with E-state index < -0.39 is 21.8 Å². The summed E-state index contributed by atoms with van der Waals surface area (Å²) >= 11 is 7.46. The number of thiazole rings is 1. The summed E-state index contributed by atoms with van der Waals surface area (Å²) in [5, 5.41) is 2.04. The first kappa shape index (κ1) is 24.6. The third-order valence-electron chi connectivity index (χ3n) is 4.12. The number of alkyl halides is 3. The van der Waals surface area contributed by atoms with Crippen molar-refractivity contribution in [1.29, 1.82) is 0 Å². The molecule has 1 heterocycles. The number of nitrogens with one attached hydrogen (secondary N) is 1. The number of halogens is 5. The Kier molecular flexibility index (Phi) is 7.57. The predicted molar refractivity (Wildman–Crippen MR) is 117 cm³/mol. The molecule has 1 aromatic heterocycles. The van der Waals surface area contributed by atoms with Crippen molar-refractivity contribution < 1.29 is 21.6 Å². The standard InChI is InChI=1S/C18H15ClF3N3O2S2.BrH/c1-23-29(26,27)13-6-7-15(19)14(9-13)16-10-28-17(25(16)2)24-12-5-3-4-11(8-12)18(20,21)22;/h3-10,23H,1-2H3;1H. The fraction of sp³-hybridized carbons (Fsp3) is 0.167. The molecule has 0 bridgehead atoms. The maximum Gasteiger partial charge on any atom is 0.416 e. The van der Waals surface area contributed by atoms with Crippen LogP contribution < -0.4 is 9.52 Å². The van der Waals surface area contributed by atoms with E-state index in [1.807, 2.05) is 0 Å². The molecule has 3 rings (SSSR count). The fourth-order valence-electron chi connectivity index (χ4n) is 2.56. The van der Waals surface area contributed by atoms with Gasteiger partial charge < -0.3 is 4.57 Å². The molecule has 0 amide bonds. The summed E-state index contributed by atoms with van der Waals surface area (Å²) in [6.45, 7) is 0. The van der Waals surface area contributed by atoms with Crippen molar-refractivity contribution in [1.82, 2.24) is 9.29 Å². The van der Waals surface area contributed by atoms with Gasteiger partial charge in [0.05, 0.1) is 21.8 Å². The van der Waals surface area contributed by atoms with Gasteiger partial charge in [0.1, 0.15) is 0 Å². The SMILES string of the molecule is Br.CNS(=O)(=O)c1ccc(Cl)c(-c2csc(=Nc3cccc(C(F)(F)F)c3)n2C)c1. The largest absolute Gasteiger partial charge is 0.416 e. The van der Waals surface area contributed by atoms with Crippen LogP contribution in [0, 0.1) is 0 Å². The minimum absolute atomic E-state index is 0. The molecule has 30 heavy (non-hydrogen) atoms. The lowest BCUT2D eigenvalue weighted by atomic mass is 10.2. The number of rotatable bonds is 4. The molecule has 3 aromatic rings. The van der Waals surface area contributed by atoms with Gasteiger partial charge in [0.25, 0.3) is 0 Å². The maximum atomic E-state index is 12.9. The molecule has 0 aliphatic rings. The average molecular weight is 543 g/mol. The van der Waals surface area contributed by atoms with Gasteiger partial charge in [-0.25, -0.2) is 18.1 Å². The number of nitrogens with zero attached hydrogens (tertiary/aromatic N) is 2. The topological polar surface area (TPSA) is 63.5 Å². The lowest BCUT2D eigenvalue weighted by Gasteiger charge is -2.09. The van der Waals surface area contributed by atoms with Gasteiger partial charge in [-0.15, -0.1) is 28.3 Å². The van der Waals surface area contributed by atoms with E-state index in [0.29, 0.717) is 21.1 Å². The van der Waals surface area contributed by atoms with E-state index in [4.69, 9.17) is 11.6 Å². The van der Waals surface area contributed by atoms with Crippen molar-refractivity contribution in [2.45, 2.75) is 11.1 Å². The van der Waals surface area contributed by atoms with Crippen LogP contribution in [0.15, 0.2) is 57.7 Å². The second-order valence-electron chi connectivity index (χ2n) is 5.97. The Labute approximate surface area is 190 Å². The highest BCUT2D eigenvalue weighted by molar-refractivity contribution is 8.93. The van der Waals surface area contributed by atoms with Gasteiger partial charge in [-0.1, -0.05) is 17.7 Å². The lowest BCUT2D eigenvalue weighted by molar-refractivity contribution is -0.137. The van der Waals surface area contributed by atoms with Crippen LogP contribution in [0.25, 0.3) is 11.3 Å². The van der Waals surface area contributed by atoms with E-state index in [9.17, 15) is 21.6 Å². The minimum Gasteiger partial charge on any atom is -0.319 e. The molecule has 0 aliphatic carbocycles. The van der Waals surface area contributed by atoms with Crippen molar-refractivity contribution in [3.8, 4) is 11.3 Å². The van der Waals surface area contributed by atoms with Crippen LogP contribution in [-0.2, 0) is 23.2 Å². The highest BCUT2D eigenvalue weighted by atomic mass is 79.9. The van der Waals surface area contributed by atoms with Gasteiger partial charge in [0, 0.05) is 23.0 Å². The Morgan fingerprint density at radius 1 is 1.17 bits per heavy atom. The van der Waals surface area contributed by atoms with Crippen LogP contribution in [0.5, 0.6) is 0 Å². The molecule has 162 valence electrons. The van der Waals surface area contributed by atoms with E-state index >= 15 is 0 Å². The molecule has 2 aromatic carbocycles. The van der Waals surface area contributed by atoms with Gasteiger partial charge in [0.2, 0.25) is 10.0 Å². The molecular formula is C18H16BrClF3N3O2S2. The van der Waals surface area contributed by atoms with Crippen LogP contribution in [-0.4, -0.2) is 20.0 Å². The lowest BCUT2D eigenvalue weighted by Crippen LogP contribution is -2.18. The second kappa shape index (κ2) is 9.23. The Balaban J connectivity index is 0.00000320. The van der Waals surface area contributed by atoms with Crippen LogP contribution in [0.4, 0.5) is 18.9 Å².